The summed E-state index contributed by atoms with van der Waals surface area (Å²) in [5, 5.41) is 56.8. The van der Waals surface area contributed by atoms with E-state index in [0.717, 1.165) is 51.3 Å². The lowest BCUT2D eigenvalue weighted by Crippen LogP contribution is -2.60. The number of aromatic nitrogens is 3. The fourth-order valence-electron chi connectivity index (χ4n) is 12.7. The highest BCUT2D eigenvalue weighted by molar-refractivity contribution is 8.77. The van der Waals surface area contributed by atoms with Crippen molar-refractivity contribution in [3.8, 4) is 34.6 Å². The monoisotopic (exact) mass is 1330 g/mol. The number of carbonyl (C=O) groups is 5. The quantitative estimate of drug-likeness (QED) is 0.0192. The Labute approximate surface area is 559 Å². The molecule has 6 N–H and O–H groups in total. The van der Waals surface area contributed by atoms with Crippen LogP contribution >= 0.6 is 21.6 Å². The first-order chi connectivity index (χ1) is 44.0. The Morgan fingerprint density at radius 2 is 1.44 bits per heavy atom. The van der Waals surface area contributed by atoms with Gasteiger partial charge in [-0.25, -0.2) is 9.36 Å². The predicted molar refractivity (Wildman–Crippen MR) is 366 cm³/mol. The average molecular weight is 1330 g/mol. The minimum Gasteiger partial charge on any atom is -0.508 e. The van der Waals surface area contributed by atoms with Gasteiger partial charge in [0.2, 0.25) is 23.6 Å². The summed E-state index contributed by atoms with van der Waals surface area (Å²) in [7, 11) is 9.71. The highest BCUT2D eigenvalue weighted by atomic mass is 33.1. The molecule has 2 fully saturated rings. The molecule has 0 bridgehead atoms. The van der Waals surface area contributed by atoms with Crippen LogP contribution in [0.5, 0.6) is 17.5 Å². The van der Waals surface area contributed by atoms with Gasteiger partial charge >= 0.3 is 12.1 Å². The van der Waals surface area contributed by atoms with Crippen molar-refractivity contribution >= 4 is 51.3 Å². The van der Waals surface area contributed by atoms with E-state index in [2.05, 4.69) is 44.5 Å². The minimum absolute atomic E-state index is 0.00762. The van der Waals surface area contributed by atoms with Crippen molar-refractivity contribution in [3.63, 3.8) is 0 Å². The Kier molecular flexibility index (Phi) is 28.6. The molecule has 10 atom stereocenters. The van der Waals surface area contributed by atoms with Gasteiger partial charge in [0.25, 0.3) is 0 Å². The van der Waals surface area contributed by atoms with E-state index in [9.17, 15) is 44.4 Å². The SMILES string of the molecule is CC[C@H](C)[C@@H]([C@@H](CC(=O)N1CCC[C@H]1[C@H](OC)[C@@H](C)C(=O)N[C@H](C)[C@@H](O)c1ccccc1)OC)N(C)C(=O)[C@@H](NC(=O)[C@H](C(C)C)N(C)C(=O)OCCSSC(C)(C)CCN1CCN(Cc2ccc(-n3c(O)nnc3-c3cc(C(C)C)c(O)cc3O)cc2)CC1)C(C)C. The first-order valence-corrected chi connectivity index (χ1v) is 35.3. The summed E-state index contributed by atoms with van der Waals surface area (Å²) in [5.74, 6) is -2.17. The van der Waals surface area contributed by atoms with Crippen LogP contribution in [0, 0.1) is 23.7 Å². The summed E-state index contributed by atoms with van der Waals surface area (Å²) in [6.07, 6.45) is 0.00226. The highest BCUT2D eigenvalue weighted by Gasteiger charge is 2.44. The molecule has 0 unspecified atom stereocenters. The zero-order chi connectivity index (χ0) is 68.6. The number of amides is 5. The summed E-state index contributed by atoms with van der Waals surface area (Å²) in [6.45, 7) is 29.3. The van der Waals surface area contributed by atoms with Crippen molar-refractivity contribution in [2.45, 2.75) is 181 Å². The first kappa shape index (κ1) is 75.9. The first-order valence-electron chi connectivity index (χ1n) is 32.9. The number of nitrogens with zero attached hydrogens (tertiary/aromatic N) is 8. The molecule has 0 saturated carbocycles. The number of phenols is 2. The number of carbonyl (C=O) groups excluding carboxylic acids is 5. The number of aromatic hydroxyl groups is 3. The molecule has 3 heterocycles. The van der Waals surface area contributed by atoms with Crippen molar-refractivity contribution in [2.75, 3.05) is 79.9 Å². The van der Waals surface area contributed by atoms with E-state index >= 15 is 0 Å². The maximum absolute atomic E-state index is 14.8. The van der Waals surface area contributed by atoms with Gasteiger partial charge in [-0.05, 0) is 105 Å². The highest BCUT2D eigenvalue weighted by Crippen LogP contribution is 2.40. The number of methoxy groups -OCH3 is 2. The smallest absolute Gasteiger partial charge is 0.410 e. The van der Waals surface area contributed by atoms with Crippen molar-refractivity contribution in [2.24, 2.45) is 23.7 Å². The molecule has 6 rings (SSSR count). The zero-order valence-corrected chi connectivity index (χ0v) is 59.3. The van der Waals surface area contributed by atoms with Gasteiger partial charge in [-0.2, -0.15) is 0 Å². The summed E-state index contributed by atoms with van der Waals surface area (Å²) in [4.78, 5) is 80.6. The largest absolute Gasteiger partial charge is 0.508 e. The second-order valence-electron chi connectivity index (χ2n) is 26.8. The minimum atomic E-state index is -0.975. The van der Waals surface area contributed by atoms with Crippen LogP contribution in [0.25, 0.3) is 17.1 Å². The maximum Gasteiger partial charge on any atom is 0.410 e. The van der Waals surface area contributed by atoms with E-state index in [0.29, 0.717) is 53.9 Å². The van der Waals surface area contributed by atoms with Crippen LogP contribution in [0.4, 0.5) is 4.79 Å². The van der Waals surface area contributed by atoms with E-state index in [1.54, 1.807) is 72.5 Å². The molecule has 24 heteroatoms. The van der Waals surface area contributed by atoms with Gasteiger partial charge in [-0.1, -0.05) is 138 Å². The lowest BCUT2D eigenvalue weighted by atomic mass is 9.89. The van der Waals surface area contributed by atoms with Crippen molar-refractivity contribution in [1.82, 2.24) is 49.9 Å². The second-order valence-corrected chi connectivity index (χ2v) is 30.0. The molecule has 3 aromatic carbocycles. The standard InChI is InChI=1S/C69H106N10O12S2/c1-17-45(8)60(56(89-15)40-57(82)78-30-21-24-53(78)62(90-16)46(9)64(84)70-47(10)61(83)49-22-19-18-20-23-49)74(13)66(86)58(43(4)5)71-65(85)59(44(6)7)75(14)68(88)91-36-37-92-93-69(11,12)29-31-76-32-34-77(35-33-76)41-48-25-27-50(28-26-48)79-63(72-73-67(79)87)52-38-51(42(2)3)54(80)39-55(52)81/h18-20,22-23,25-28,38-39,42-47,53,56,58-62,80-81,83H,17,21,24,29-37,40-41H2,1-16H3,(H,70,84)(H,71,85)(H,73,87)/t45-,46+,47+,53-,56+,58-,59-,60-,61+,62+/m0/s1. The number of benzene rings is 3. The van der Waals surface area contributed by atoms with Gasteiger partial charge in [-0.3, -0.25) is 29.0 Å². The van der Waals surface area contributed by atoms with E-state index in [1.807, 2.05) is 110 Å². The van der Waals surface area contributed by atoms with E-state index in [4.69, 9.17) is 14.2 Å². The lowest BCUT2D eigenvalue weighted by molar-refractivity contribution is -0.148. The third kappa shape index (κ3) is 20.0. The number of likely N-dealkylation sites (N-methyl/N-ethyl adjacent to an activating group) is 2. The number of phenolic OH excluding ortho intramolecular Hbond substituents is 2. The van der Waals surface area contributed by atoms with Gasteiger partial charge < -0.3 is 60.0 Å². The van der Waals surface area contributed by atoms with Gasteiger partial charge in [0.05, 0.1) is 60.0 Å². The number of aliphatic hydroxyl groups is 1. The number of hydrogen-bond acceptors (Lipinski definition) is 18. The number of ether oxygens (including phenoxy) is 3. The number of rotatable bonds is 33. The Morgan fingerprint density at radius 1 is 0.785 bits per heavy atom. The summed E-state index contributed by atoms with van der Waals surface area (Å²) in [6, 6.07) is 16.2. The third-order valence-corrected chi connectivity index (χ3v) is 21.8. The van der Waals surface area contributed by atoms with Gasteiger partial charge in [0.1, 0.15) is 30.2 Å². The number of hydrogen-bond donors (Lipinski definition) is 6. The summed E-state index contributed by atoms with van der Waals surface area (Å²) in [5.41, 5.74) is 3.44. The Morgan fingerprint density at radius 3 is 2.04 bits per heavy atom. The summed E-state index contributed by atoms with van der Waals surface area (Å²) >= 11 is 0. The number of piperazine rings is 1. The Hall–Kier alpha value is -6.15. The van der Waals surface area contributed by atoms with Crippen molar-refractivity contribution < 1.29 is 58.6 Å². The normalized spacial score (nSPS) is 17.9. The van der Waals surface area contributed by atoms with Crippen LogP contribution in [0.1, 0.15) is 144 Å². The number of nitrogens with one attached hydrogen (secondary N) is 2. The van der Waals surface area contributed by atoms with Crippen LogP contribution in [0.15, 0.2) is 66.7 Å². The summed E-state index contributed by atoms with van der Waals surface area (Å²) < 4.78 is 19.3. The molecule has 2 saturated heterocycles. The number of aliphatic hydroxyl groups excluding tert-OH is 1. The van der Waals surface area contributed by atoms with Crippen LogP contribution in [0.3, 0.4) is 0 Å². The lowest BCUT2D eigenvalue weighted by Gasteiger charge is -2.41. The molecule has 22 nitrogen and oxygen atoms in total. The van der Waals surface area contributed by atoms with Crippen LogP contribution in [0.2, 0.25) is 0 Å². The van der Waals surface area contributed by atoms with Gasteiger partial charge in [0, 0.05) is 84.1 Å². The van der Waals surface area contributed by atoms with Crippen molar-refractivity contribution in [1.29, 1.82) is 0 Å². The van der Waals surface area contributed by atoms with Gasteiger partial charge in [0.15, 0.2) is 5.82 Å². The third-order valence-electron chi connectivity index (χ3n) is 18.5. The Balaban J connectivity index is 0.945. The molecule has 0 spiro atoms. The Bertz CT molecular complexity index is 3060. The molecule has 5 amide bonds. The second kappa shape index (κ2) is 35.0. The van der Waals surface area contributed by atoms with E-state index in [1.165, 1.54) is 22.6 Å². The molecule has 516 valence electrons. The zero-order valence-electron chi connectivity index (χ0n) is 57.7. The fourth-order valence-corrected chi connectivity index (χ4v) is 15.1. The van der Waals surface area contributed by atoms with Gasteiger partial charge in [-0.15, -0.1) is 5.10 Å². The molecule has 93 heavy (non-hydrogen) atoms. The van der Waals surface area contributed by atoms with Crippen LogP contribution in [-0.4, -0.2) is 217 Å². The van der Waals surface area contributed by atoms with Crippen LogP contribution < -0.4 is 10.6 Å². The molecule has 2 aliphatic heterocycles. The van der Waals surface area contributed by atoms with Crippen molar-refractivity contribution in [3.05, 3.63) is 83.4 Å². The molecule has 1 aromatic heterocycles. The molecule has 4 aromatic rings. The average Bonchev–Trinajstić information content (AvgIpc) is 1.76. The molecule has 0 radical (unpaired) electrons. The molecule has 0 aliphatic carbocycles. The molecule has 2 aliphatic rings. The number of likely N-dealkylation sites (tertiary alicyclic amines) is 1. The van der Waals surface area contributed by atoms with E-state index < -0.39 is 66.4 Å². The maximum atomic E-state index is 14.8. The molecular formula is C69H106N10O12S2. The predicted octanol–water partition coefficient (Wildman–Crippen LogP) is 9.23. The molecular weight excluding hydrogens is 1220 g/mol. The van der Waals surface area contributed by atoms with E-state index in [-0.39, 0.29) is 82.5 Å². The van der Waals surface area contributed by atoms with Crippen LogP contribution in [-0.2, 0) is 39.9 Å². The topological polar surface area (TPSA) is 265 Å². The fraction of sp³-hybridized carbons (Fsp3) is 0.638.